The Morgan fingerprint density at radius 1 is 1.19 bits per heavy atom. The van der Waals surface area contributed by atoms with Gasteiger partial charge in [-0.2, -0.15) is 0 Å². The number of fused-ring (bicyclic) bond motifs is 1. The van der Waals surface area contributed by atoms with E-state index in [1.54, 1.807) is 13.3 Å². The predicted octanol–water partition coefficient (Wildman–Crippen LogP) is 2.09. The minimum atomic E-state index is -0.585. The van der Waals surface area contributed by atoms with Crippen LogP contribution in [0.15, 0.2) is 24.4 Å². The molecule has 0 radical (unpaired) electrons. The van der Waals surface area contributed by atoms with Crippen LogP contribution in [0, 0.1) is 0 Å². The highest BCUT2D eigenvalue weighted by molar-refractivity contribution is 5.78. The van der Waals surface area contributed by atoms with E-state index in [2.05, 4.69) is 9.97 Å². The number of aryl methyl sites for hydroxylation is 1. The van der Waals surface area contributed by atoms with Crippen LogP contribution in [0.2, 0.25) is 0 Å². The Bertz CT molecular complexity index is 574. The Morgan fingerprint density at radius 2 is 2.05 bits per heavy atom. The Hall–Kier alpha value is -1.72. The van der Waals surface area contributed by atoms with Crippen molar-refractivity contribution < 1.29 is 14.9 Å². The van der Waals surface area contributed by atoms with Crippen molar-refractivity contribution in [3.05, 3.63) is 30.0 Å². The molecule has 0 spiro atoms. The van der Waals surface area contributed by atoms with E-state index in [9.17, 15) is 5.11 Å². The van der Waals surface area contributed by atoms with Gasteiger partial charge in [0.25, 0.3) is 0 Å². The Kier molecular flexibility index (Phi) is 5.90. The molecule has 2 aromatic heterocycles. The lowest BCUT2D eigenvalue weighted by Gasteiger charge is -2.08. The largest absolute Gasteiger partial charge is 0.481 e. The molecule has 5 nitrogen and oxygen atoms in total. The van der Waals surface area contributed by atoms with E-state index < -0.39 is 6.10 Å². The molecule has 2 heterocycles. The molecule has 0 aliphatic rings. The number of methoxy groups -OCH3 is 1. The minimum Gasteiger partial charge on any atom is -0.481 e. The highest BCUT2D eigenvalue weighted by Gasteiger charge is 2.06. The van der Waals surface area contributed by atoms with Crippen LogP contribution in [0.5, 0.6) is 5.88 Å². The second-order valence-electron chi connectivity index (χ2n) is 5.13. The number of aliphatic hydroxyl groups is 2. The molecule has 21 heavy (non-hydrogen) atoms. The van der Waals surface area contributed by atoms with Crippen LogP contribution < -0.4 is 4.74 Å². The Labute approximate surface area is 124 Å². The number of nitrogens with zero attached hydrogens (tertiary/aromatic N) is 2. The van der Waals surface area contributed by atoms with Crippen LogP contribution in [0.3, 0.4) is 0 Å². The Balaban J connectivity index is 1.95. The van der Waals surface area contributed by atoms with Crippen molar-refractivity contribution in [2.75, 3.05) is 13.7 Å². The molecular weight excluding hydrogens is 268 g/mol. The highest BCUT2D eigenvalue weighted by Crippen LogP contribution is 2.20. The van der Waals surface area contributed by atoms with Crippen LogP contribution >= 0.6 is 0 Å². The fourth-order valence-electron chi connectivity index (χ4n) is 2.34. The first-order chi connectivity index (χ1) is 10.2. The monoisotopic (exact) mass is 290 g/mol. The molecular formula is C16H22N2O3. The van der Waals surface area contributed by atoms with Gasteiger partial charge in [0.2, 0.25) is 5.88 Å². The van der Waals surface area contributed by atoms with Gasteiger partial charge in [-0.15, -0.1) is 0 Å². The van der Waals surface area contributed by atoms with Gasteiger partial charge in [-0.25, -0.2) is 4.98 Å². The number of ether oxygens (including phenoxy) is 1. The van der Waals surface area contributed by atoms with Crippen LogP contribution in [-0.2, 0) is 6.42 Å². The quantitative estimate of drug-likeness (QED) is 0.728. The number of hydrogen-bond acceptors (Lipinski definition) is 5. The molecule has 5 heteroatoms. The molecule has 0 saturated carbocycles. The molecule has 0 saturated heterocycles. The fraction of sp³-hybridized carbons (Fsp3) is 0.500. The smallest absolute Gasteiger partial charge is 0.213 e. The average Bonchev–Trinajstić information content (AvgIpc) is 2.53. The number of aliphatic hydroxyl groups excluding tert-OH is 2. The summed E-state index contributed by atoms with van der Waals surface area (Å²) in [5.74, 6) is 0.600. The van der Waals surface area contributed by atoms with Gasteiger partial charge in [0, 0.05) is 12.3 Å². The first kappa shape index (κ1) is 15.7. The summed E-state index contributed by atoms with van der Waals surface area (Å²) in [6.07, 6.45) is 5.76. The van der Waals surface area contributed by atoms with Crippen molar-refractivity contribution in [2.45, 2.75) is 38.2 Å². The zero-order chi connectivity index (χ0) is 15.1. The lowest BCUT2D eigenvalue weighted by molar-refractivity contribution is 0.0860. The van der Waals surface area contributed by atoms with Gasteiger partial charge < -0.3 is 14.9 Å². The van der Waals surface area contributed by atoms with Gasteiger partial charge in [-0.3, -0.25) is 4.98 Å². The van der Waals surface area contributed by atoms with Crippen molar-refractivity contribution in [3.8, 4) is 5.88 Å². The molecule has 2 rings (SSSR count). The molecule has 2 N–H and O–H groups in total. The Morgan fingerprint density at radius 3 is 2.81 bits per heavy atom. The normalized spacial score (nSPS) is 12.5. The van der Waals surface area contributed by atoms with Gasteiger partial charge in [0.1, 0.15) is 0 Å². The van der Waals surface area contributed by atoms with E-state index in [-0.39, 0.29) is 6.61 Å². The summed E-state index contributed by atoms with van der Waals surface area (Å²) >= 11 is 0. The third-order valence-corrected chi connectivity index (χ3v) is 3.55. The number of aromatic nitrogens is 2. The first-order valence-corrected chi connectivity index (χ1v) is 7.32. The summed E-state index contributed by atoms with van der Waals surface area (Å²) in [6, 6.07) is 5.73. The third-order valence-electron chi connectivity index (χ3n) is 3.55. The number of unbranched alkanes of at least 4 members (excludes halogenated alkanes) is 2. The van der Waals surface area contributed by atoms with Crippen LogP contribution in [-0.4, -0.2) is 40.0 Å². The predicted molar refractivity (Wildman–Crippen MR) is 81.4 cm³/mol. The summed E-state index contributed by atoms with van der Waals surface area (Å²) < 4.78 is 5.17. The average molecular weight is 290 g/mol. The van der Waals surface area contributed by atoms with Crippen molar-refractivity contribution in [2.24, 2.45) is 0 Å². The fourth-order valence-corrected chi connectivity index (χ4v) is 2.34. The molecule has 1 unspecified atom stereocenters. The van der Waals surface area contributed by atoms with E-state index >= 15 is 0 Å². The zero-order valence-corrected chi connectivity index (χ0v) is 12.3. The molecule has 2 aromatic rings. The maximum absolute atomic E-state index is 9.29. The van der Waals surface area contributed by atoms with Crippen LogP contribution in [0.1, 0.15) is 31.2 Å². The van der Waals surface area contributed by atoms with Crippen molar-refractivity contribution in [3.63, 3.8) is 0 Å². The summed E-state index contributed by atoms with van der Waals surface area (Å²) in [5, 5.41) is 18.1. The van der Waals surface area contributed by atoms with Crippen LogP contribution in [0.25, 0.3) is 11.0 Å². The number of hydrogen-bond donors (Lipinski definition) is 2. The molecule has 0 aliphatic carbocycles. The molecule has 114 valence electrons. The van der Waals surface area contributed by atoms with Gasteiger partial charge in [-0.1, -0.05) is 12.8 Å². The summed E-state index contributed by atoms with van der Waals surface area (Å²) in [5.41, 5.74) is 2.94. The number of rotatable bonds is 8. The van der Waals surface area contributed by atoms with Gasteiger partial charge in [0.05, 0.1) is 30.9 Å². The van der Waals surface area contributed by atoms with Gasteiger partial charge in [-0.05, 0) is 37.0 Å². The van der Waals surface area contributed by atoms with E-state index in [1.807, 2.05) is 18.2 Å². The molecule has 0 bridgehead atoms. The zero-order valence-electron chi connectivity index (χ0n) is 12.3. The van der Waals surface area contributed by atoms with Crippen molar-refractivity contribution in [1.82, 2.24) is 9.97 Å². The van der Waals surface area contributed by atoms with Crippen LogP contribution in [0.4, 0.5) is 0 Å². The summed E-state index contributed by atoms with van der Waals surface area (Å²) in [4.78, 5) is 8.79. The second-order valence-corrected chi connectivity index (χ2v) is 5.13. The van der Waals surface area contributed by atoms with Gasteiger partial charge in [0.15, 0.2) is 0 Å². The number of pyridine rings is 2. The molecule has 0 aliphatic heterocycles. The first-order valence-electron chi connectivity index (χ1n) is 7.32. The second kappa shape index (κ2) is 7.90. The van der Waals surface area contributed by atoms with E-state index in [4.69, 9.17) is 9.84 Å². The van der Waals surface area contributed by atoms with E-state index in [1.165, 1.54) is 5.56 Å². The lowest BCUT2D eigenvalue weighted by atomic mass is 10.0. The van der Waals surface area contributed by atoms with E-state index in [0.717, 1.165) is 36.7 Å². The lowest BCUT2D eigenvalue weighted by Crippen LogP contribution is -2.11. The molecule has 0 amide bonds. The van der Waals surface area contributed by atoms with E-state index in [0.29, 0.717) is 12.3 Å². The SMILES string of the molecule is COc1ccc2nccc(CCCCCC(O)CO)c2n1. The standard InChI is InChI=1S/C16H22N2O3/c1-21-15-8-7-14-16(18-15)12(9-10-17-14)5-3-2-4-6-13(20)11-19/h7-10,13,19-20H,2-6,11H2,1H3. The molecule has 0 fully saturated rings. The third kappa shape index (κ3) is 4.37. The maximum Gasteiger partial charge on any atom is 0.213 e. The highest BCUT2D eigenvalue weighted by atomic mass is 16.5. The topological polar surface area (TPSA) is 75.5 Å². The maximum atomic E-state index is 9.29. The van der Waals surface area contributed by atoms with Gasteiger partial charge >= 0.3 is 0 Å². The van der Waals surface area contributed by atoms with Crippen molar-refractivity contribution >= 4 is 11.0 Å². The summed E-state index contributed by atoms with van der Waals surface area (Å²) in [7, 11) is 1.61. The summed E-state index contributed by atoms with van der Waals surface area (Å²) in [6.45, 7) is -0.154. The minimum absolute atomic E-state index is 0.154. The molecule has 0 aromatic carbocycles. The molecule has 1 atom stereocenters. The van der Waals surface area contributed by atoms with Crippen molar-refractivity contribution in [1.29, 1.82) is 0 Å².